The van der Waals surface area contributed by atoms with Gasteiger partial charge in [-0.3, -0.25) is 14.5 Å². The largest absolute Gasteiger partial charge is 0.378 e. The molecule has 32 heavy (non-hydrogen) atoms. The Morgan fingerprint density at radius 1 is 1.00 bits per heavy atom. The Morgan fingerprint density at radius 3 is 2.53 bits per heavy atom. The van der Waals surface area contributed by atoms with Crippen molar-refractivity contribution in [1.82, 2.24) is 39.8 Å². The van der Waals surface area contributed by atoms with E-state index in [1.807, 2.05) is 12.1 Å². The first-order valence-electron chi connectivity index (χ1n) is 9.92. The summed E-state index contributed by atoms with van der Waals surface area (Å²) in [5, 5.41) is 8.26. The van der Waals surface area contributed by atoms with Gasteiger partial charge in [0.2, 0.25) is 17.7 Å². The monoisotopic (exact) mass is 433 g/mol. The molecular formula is C20H19N9O3. The van der Waals surface area contributed by atoms with Crippen LogP contribution < -0.4 is 5.73 Å². The molecule has 0 atom stereocenters. The van der Waals surface area contributed by atoms with Crippen molar-refractivity contribution in [3.8, 4) is 34.1 Å². The van der Waals surface area contributed by atoms with Crippen LogP contribution >= 0.6 is 0 Å². The summed E-state index contributed by atoms with van der Waals surface area (Å²) >= 11 is 0. The highest BCUT2D eigenvalue weighted by Crippen LogP contribution is 2.23. The number of amides is 1. The fraction of sp³-hybridized carbons (Fsp3) is 0.250. The van der Waals surface area contributed by atoms with Crippen LogP contribution in [0.2, 0.25) is 0 Å². The summed E-state index contributed by atoms with van der Waals surface area (Å²) in [4.78, 5) is 30.9. The summed E-state index contributed by atoms with van der Waals surface area (Å²) in [6.07, 6.45) is 8.16. The Morgan fingerprint density at radius 2 is 1.78 bits per heavy atom. The number of aromatic nitrogens is 7. The number of nitrogens with zero attached hydrogens (tertiary/aromatic N) is 8. The number of morpholine rings is 1. The maximum Gasteiger partial charge on any atom is 0.261 e. The molecule has 0 spiro atoms. The van der Waals surface area contributed by atoms with Crippen molar-refractivity contribution in [3.05, 3.63) is 43.1 Å². The molecule has 1 aliphatic rings. The third kappa shape index (κ3) is 4.16. The summed E-state index contributed by atoms with van der Waals surface area (Å²) in [5.41, 5.74) is 8.28. The van der Waals surface area contributed by atoms with Gasteiger partial charge in [0.05, 0.1) is 30.7 Å². The number of carbonyl (C=O) groups is 1. The topological polar surface area (TPSA) is 151 Å². The third-order valence-corrected chi connectivity index (χ3v) is 4.96. The molecule has 5 rings (SSSR count). The molecule has 0 saturated carbocycles. The number of carbonyl (C=O) groups excluding carboxylic acids is 1. The molecule has 12 nitrogen and oxygen atoms in total. The first kappa shape index (κ1) is 19.8. The van der Waals surface area contributed by atoms with Crippen molar-refractivity contribution in [2.45, 2.75) is 6.54 Å². The molecule has 0 radical (unpaired) electrons. The van der Waals surface area contributed by atoms with Crippen LogP contribution in [0, 0.1) is 0 Å². The Labute approximate surface area is 182 Å². The number of nitrogens with two attached hydrogens (primary N) is 1. The molecule has 1 amide bonds. The van der Waals surface area contributed by atoms with E-state index in [1.54, 1.807) is 40.6 Å². The minimum atomic E-state index is -0.00756. The number of pyridine rings is 1. The van der Waals surface area contributed by atoms with Crippen molar-refractivity contribution < 1.29 is 14.1 Å². The van der Waals surface area contributed by atoms with Gasteiger partial charge in [-0.2, -0.15) is 10.1 Å². The third-order valence-electron chi connectivity index (χ3n) is 4.96. The van der Waals surface area contributed by atoms with Crippen molar-refractivity contribution in [3.63, 3.8) is 0 Å². The van der Waals surface area contributed by atoms with Crippen LogP contribution in [-0.2, 0) is 16.1 Å². The van der Waals surface area contributed by atoms with E-state index in [0.717, 1.165) is 5.56 Å². The fourth-order valence-electron chi connectivity index (χ4n) is 3.24. The zero-order chi connectivity index (χ0) is 21.9. The predicted octanol–water partition coefficient (Wildman–Crippen LogP) is 0.893. The minimum absolute atomic E-state index is 0.00756. The van der Waals surface area contributed by atoms with Gasteiger partial charge in [0, 0.05) is 49.0 Å². The average Bonchev–Trinajstić information content (AvgIpc) is 3.50. The molecule has 0 aliphatic carbocycles. The number of nitrogen functional groups attached to an aromatic ring is 1. The van der Waals surface area contributed by atoms with E-state index in [4.69, 9.17) is 15.0 Å². The zero-order valence-electron chi connectivity index (χ0n) is 17.0. The summed E-state index contributed by atoms with van der Waals surface area (Å²) in [7, 11) is 0. The van der Waals surface area contributed by atoms with Crippen LogP contribution in [-0.4, -0.2) is 72.0 Å². The van der Waals surface area contributed by atoms with Crippen LogP contribution in [0.25, 0.3) is 34.1 Å². The van der Waals surface area contributed by atoms with E-state index in [9.17, 15) is 4.79 Å². The van der Waals surface area contributed by atoms with Gasteiger partial charge in [0.25, 0.3) is 5.89 Å². The molecule has 2 N–H and O–H groups in total. The molecule has 0 aromatic carbocycles. The molecule has 4 aromatic rings. The second-order valence-electron chi connectivity index (χ2n) is 7.10. The second kappa shape index (κ2) is 8.51. The molecule has 0 bridgehead atoms. The van der Waals surface area contributed by atoms with Crippen LogP contribution in [0.4, 0.5) is 5.95 Å². The van der Waals surface area contributed by atoms with Crippen LogP contribution in [0.15, 0.2) is 47.6 Å². The van der Waals surface area contributed by atoms with Gasteiger partial charge in [-0.05, 0) is 12.1 Å². The SMILES string of the molecule is Nc1ncc(-c2ccc(-c3noc(-c4cnn(CC(=O)N5CCOCC5)c4)n3)cn2)cn1. The van der Waals surface area contributed by atoms with Crippen LogP contribution in [0.1, 0.15) is 0 Å². The van der Waals surface area contributed by atoms with Gasteiger partial charge in [-0.1, -0.05) is 5.16 Å². The maximum atomic E-state index is 12.4. The standard InChI is InChI=1S/C20H19N9O3/c21-20-23-8-14(9-24-20)16-2-1-13(7-22-16)18-26-19(32-27-18)15-10-25-29(11-15)12-17(30)28-3-5-31-6-4-28/h1-2,7-11H,3-6,12H2,(H2,21,23,24). The average molecular weight is 433 g/mol. The van der Waals surface area contributed by atoms with E-state index in [-0.39, 0.29) is 18.4 Å². The van der Waals surface area contributed by atoms with Crippen molar-refractivity contribution in [1.29, 1.82) is 0 Å². The maximum absolute atomic E-state index is 12.4. The molecule has 1 fully saturated rings. The van der Waals surface area contributed by atoms with E-state index >= 15 is 0 Å². The number of hydrogen-bond donors (Lipinski definition) is 1. The Bertz CT molecular complexity index is 1210. The molecule has 162 valence electrons. The quantitative estimate of drug-likeness (QED) is 0.480. The zero-order valence-corrected chi connectivity index (χ0v) is 17.0. The van der Waals surface area contributed by atoms with Gasteiger partial charge in [-0.25, -0.2) is 9.97 Å². The van der Waals surface area contributed by atoms with Crippen LogP contribution in [0.5, 0.6) is 0 Å². The lowest BCUT2D eigenvalue weighted by Crippen LogP contribution is -2.42. The molecule has 5 heterocycles. The smallest absolute Gasteiger partial charge is 0.261 e. The lowest BCUT2D eigenvalue weighted by Gasteiger charge is -2.26. The lowest BCUT2D eigenvalue weighted by molar-refractivity contribution is -0.136. The predicted molar refractivity (Wildman–Crippen MR) is 112 cm³/mol. The van der Waals surface area contributed by atoms with Crippen LogP contribution in [0.3, 0.4) is 0 Å². The van der Waals surface area contributed by atoms with Gasteiger partial charge in [-0.15, -0.1) is 0 Å². The Balaban J connectivity index is 1.27. The van der Waals surface area contributed by atoms with E-state index < -0.39 is 0 Å². The molecule has 0 unspecified atom stereocenters. The highest BCUT2D eigenvalue weighted by atomic mass is 16.5. The van der Waals surface area contributed by atoms with Gasteiger partial charge >= 0.3 is 0 Å². The number of ether oxygens (including phenoxy) is 1. The number of hydrogen-bond acceptors (Lipinski definition) is 10. The number of rotatable bonds is 5. The number of anilines is 1. The Kier molecular flexibility index (Phi) is 5.25. The van der Waals surface area contributed by atoms with Gasteiger partial charge in [0.15, 0.2) is 0 Å². The Hall–Kier alpha value is -4.19. The van der Waals surface area contributed by atoms with Gasteiger partial charge in [0.1, 0.15) is 6.54 Å². The molecular weight excluding hydrogens is 414 g/mol. The summed E-state index contributed by atoms with van der Waals surface area (Å²) in [6.45, 7) is 2.45. The second-order valence-corrected chi connectivity index (χ2v) is 7.10. The van der Waals surface area contributed by atoms with Crippen molar-refractivity contribution in [2.24, 2.45) is 0 Å². The minimum Gasteiger partial charge on any atom is -0.378 e. The summed E-state index contributed by atoms with van der Waals surface area (Å²) in [6, 6.07) is 3.65. The highest BCUT2D eigenvalue weighted by molar-refractivity contribution is 5.76. The summed E-state index contributed by atoms with van der Waals surface area (Å²) < 4.78 is 12.2. The van der Waals surface area contributed by atoms with Crippen molar-refractivity contribution in [2.75, 3.05) is 32.0 Å². The first-order valence-corrected chi connectivity index (χ1v) is 9.92. The molecule has 12 heteroatoms. The molecule has 4 aromatic heterocycles. The summed E-state index contributed by atoms with van der Waals surface area (Å²) in [5.74, 6) is 0.899. The van der Waals surface area contributed by atoms with E-state index in [2.05, 4.69) is 30.2 Å². The fourth-order valence-corrected chi connectivity index (χ4v) is 3.24. The first-order chi connectivity index (χ1) is 15.7. The van der Waals surface area contributed by atoms with Gasteiger partial charge < -0.3 is 19.9 Å². The van der Waals surface area contributed by atoms with E-state index in [0.29, 0.717) is 54.8 Å². The van der Waals surface area contributed by atoms with Crippen molar-refractivity contribution >= 4 is 11.9 Å². The van der Waals surface area contributed by atoms with E-state index in [1.165, 1.54) is 0 Å². The lowest BCUT2D eigenvalue weighted by atomic mass is 10.2. The normalized spacial score (nSPS) is 13.9. The molecule has 1 aliphatic heterocycles. The highest BCUT2D eigenvalue weighted by Gasteiger charge is 2.19. The molecule has 1 saturated heterocycles.